The lowest BCUT2D eigenvalue weighted by atomic mass is 10.2. The summed E-state index contributed by atoms with van der Waals surface area (Å²) in [6.07, 6.45) is 2.66. The van der Waals surface area contributed by atoms with E-state index in [2.05, 4.69) is 19.9 Å². The molecule has 1 aromatic heterocycles. The lowest BCUT2D eigenvalue weighted by Crippen LogP contribution is -2.25. The van der Waals surface area contributed by atoms with Gasteiger partial charge in [0.25, 0.3) is 0 Å². The number of H-pyrrole nitrogens is 1. The molecule has 108 valence electrons. The van der Waals surface area contributed by atoms with Crippen LogP contribution in [0.25, 0.3) is 0 Å². The van der Waals surface area contributed by atoms with Gasteiger partial charge in [0.2, 0.25) is 10.0 Å². The van der Waals surface area contributed by atoms with Gasteiger partial charge < -0.3 is 5.11 Å². The third kappa shape index (κ3) is 3.86. The SMILES string of the molecule is O=S(=O)(NCCCc1ncn[nH]1)c1cccc(CO)c1. The van der Waals surface area contributed by atoms with Crippen molar-refractivity contribution < 1.29 is 13.5 Å². The number of nitrogens with one attached hydrogen (secondary N) is 2. The molecule has 0 spiro atoms. The molecule has 0 amide bonds. The molecular formula is C12H16N4O3S. The first-order chi connectivity index (χ1) is 9.62. The van der Waals surface area contributed by atoms with Gasteiger partial charge in [-0.05, 0) is 24.1 Å². The first-order valence-corrected chi connectivity index (χ1v) is 7.64. The number of aromatic nitrogens is 3. The number of rotatable bonds is 7. The van der Waals surface area contributed by atoms with Crippen LogP contribution in [0, 0.1) is 0 Å². The molecule has 1 aromatic carbocycles. The van der Waals surface area contributed by atoms with E-state index in [-0.39, 0.29) is 11.5 Å². The maximum Gasteiger partial charge on any atom is 0.240 e. The summed E-state index contributed by atoms with van der Waals surface area (Å²) in [6.45, 7) is 0.126. The number of aromatic amines is 1. The first kappa shape index (κ1) is 14.6. The summed E-state index contributed by atoms with van der Waals surface area (Å²) in [6, 6.07) is 6.23. The number of sulfonamides is 1. The quantitative estimate of drug-likeness (QED) is 0.633. The van der Waals surface area contributed by atoms with E-state index in [0.29, 0.717) is 24.9 Å². The van der Waals surface area contributed by atoms with Crippen molar-refractivity contribution in [3.63, 3.8) is 0 Å². The summed E-state index contributed by atoms with van der Waals surface area (Å²) in [4.78, 5) is 4.12. The molecule has 0 radical (unpaired) electrons. The van der Waals surface area contributed by atoms with Crippen molar-refractivity contribution in [1.29, 1.82) is 0 Å². The summed E-state index contributed by atoms with van der Waals surface area (Å²) in [7, 11) is -3.54. The molecule has 0 atom stereocenters. The Labute approximate surface area is 117 Å². The van der Waals surface area contributed by atoms with E-state index in [0.717, 1.165) is 5.82 Å². The highest BCUT2D eigenvalue weighted by Gasteiger charge is 2.13. The smallest absolute Gasteiger partial charge is 0.240 e. The topological polar surface area (TPSA) is 108 Å². The largest absolute Gasteiger partial charge is 0.392 e. The molecular weight excluding hydrogens is 280 g/mol. The van der Waals surface area contributed by atoms with Crippen LogP contribution in [0.2, 0.25) is 0 Å². The second kappa shape index (κ2) is 6.60. The molecule has 0 saturated heterocycles. The molecule has 0 bridgehead atoms. The molecule has 0 aliphatic heterocycles. The van der Waals surface area contributed by atoms with Crippen LogP contribution < -0.4 is 4.72 Å². The Balaban J connectivity index is 1.90. The molecule has 7 nitrogen and oxygen atoms in total. The van der Waals surface area contributed by atoms with Crippen LogP contribution in [0.3, 0.4) is 0 Å². The van der Waals surface area contributed by atoms with Crippen LogP contribution in [-0.2, 0) is 23.1 Å². The monoisotopic (exact) mass is 296 g/mol. The number of aliphatic hydroxyl groups excluding tert-OH is 1. The summed E-state index contributed by atoms with van der Waals surface area (Å²) >= 11 is 0. The molecule has 20 heavy (non-hydrogen) atoms. The van der Waals surface area contributed by atoms with Crippen LogP contribution in [-0.4, -0.2) is 35.3 Å². The maximum atomic E-state index is 12.0. The standard InChI is InChI=1S/C12H16N4O3S/c17-8-10-3-1-4-11(7-10)20(18,19)15-6-2-5-12-13-9-14-16-12/h1,3-4,7,9,15,17H,2,5-6,8H2,(H,13,14,16). The van der Waals surface area contributed by atoms with Gasteiger partial charge in [0.1, 0.15) is 12.2 Å². The summed E-state index contributed by atoms with van der Waals surface area (Å²) in [5, 5.41) is 15.4. The average molecular weight is 296 g/mol. The molecule has 2 aromatic rings. The number of hydrogen-bond acceptors (Lipinski definition) is 5. The van der Waals surface area contributed by atoms with Crippen molar-refractivity contribution in [2.45, 2.75) is 24.3 Å². The van der Waals surface area contributed by atoms with Crippen molar-refractivity contribution in [3.05, 3.63) is 42.0 Å². The van der Waals surface area contributed by atoms with Gasteiger partial charge in [-0.15, -0.1) is 0 Å². The highest BCUT2D eigenvalue weighted by molar-refractivity contribution is 7.89. The molecule has 2 rings (SSSR count). The Morgan fingerprint density at radius 3 is 2.90 bits per heavy atom. The van der Waals surface area contributed by atoms with Gasteiger partial charge in [0.15, 0.2) is 0 Å². The Kier molecular flexibility index (Phi) is 4.83. The predicted molar refractivity (Wildman–Crippen MR) is 72.3 cm³/mol. The maximum absolute atomic E-state index is 12.0. The Morgan fingerprint density at radius 1 is 1.35 bits per heavy atom. The second-order valence-corrected chi connectivity index (χ2v) is 6.01. The summed E-state index contributed by atoms with van der Waals surface area (Å²) in [5.41, 5.74) is 0.564. The van der Waals surface area contributed by atoms with Crippen LogP contribution >= 0.6 is 0 Å². The number of aryl methyl sites for hydroxylation is 1. The molecule has 1 heterocycles. The normalized spacial score (nSPS) is 11.7. The minimum Gasteiger partial charge on any atom is -0.392 e. The van der Waals surface area contributed by atoms with Gasteiger partial charge in [-0.1, -0.05) is 12.1 Å². The zero-order chi connectivity index (χ0) is 14.4. The highest BCUT2D eigenvalue weighted by atomic mass is 32.2. The van der Waals surface area contributed by atoms with Crippen LogP contribution in [0.1, 0.15) is 17.8 Å². The van der Waals surface area contributed by atoms with Crippen LogP contribution in [0.5, 0.6) is 0 Å². The Hall–Kier alpha value is -1.77. The van der Waals surface area contributed by atoms with Crippen molar-refractivity contribution in [2.24, 2.45) is 0 Å². The van der Waals surface area contributed by atoms with Gasteiger partial charge in [-0.3, -0.25) is 5.10 Å². The van der Waals surface area contributed by atoms with Crippen LogP contribution in [0.15, 0.2) is 35.5 Å². The molecule has 0 aliphatic carbocycles. The summed E-state index contributed by atoms with van der Waals surface area (Å²) < 4.78 is 26.6. The van der Waals surface area contributed by atoms with E-state index in [9.17, 15) is 8.42 Å². The van der Waals surface area contributed by atoms with E-state index in [1.807, 2.05) is 0 Å². The van der Waals surface area contributed by atoms with E-state index in [1.54, 1.807) is 12.1 Å². The van der Waals surface area contributed by atoms with E-state index in [1.165, 1.54) is 18.5 Å². The third-order valence-corrected chi connectivity index (χ3v) is 4.20. The lowest BCUT2D eigenvalue weighted by Gasteiger charge is -2.07. The lowest BCUT2D eigenvalue weighted by molar-refractivity contribution is 0.281. The molecule has 0 saturated carbocycles. The van der Waals surface area contributed by atoms with Crippen molar-refractivity contribution in [2.75, 3.05) is 6.54 Å². The predicted octanol–water partition coefficient (Wildman–Crippen LogP) is 0.208. The molecule has 3 N–H and O–H groups in total. The third-order valence-electron chi connectivity index (χ3n) is 2.74. The van der Waals surface area contributed by atoms with Crippen LogP contribution in [0.4, 0.5) is 0 Å². The number of aliphatic hydroxyl groups is 1. The van der Waals surface area contributed by atoms with Gasteiger partial charge in [-0.25, -0.2) is 18.1 Å². The molecule has 0 aliphatic rings. The zero-order valence-corrected chi connectivity index (χ0v) is 11.6. The number of hydrogen-bond donors (Lipinski definition) is 3. The second-order valence-electron chi connectivity index (χ2n) is 4.24. The van der Waals surface area contributed by atoms with Crippen molar-refractivity contribution in [3.8, 4) is 0 Å². The van der Waals surface area contributed by atoms with Gasteiger partial charge >= 0.3 is 0 Å². The van der Waals surface area contributed by atoms with E-state index >= 15 is 0 Å². The molecule has 8 heteroatoms. The van der Waals surface area contributed by atoms with Crippen molar-refractivity contribution >= 4 is 10.0 Å². The van der Waals surface area contributed by atoms with E-state index in [4.69, 9.17) is 5.11 Å². The number of benzene rings is 1. The fraction of sp³-hybridized carbons (Fsp3) is 0.333. The van der Waals surface area contributed by atoms with Gasteiger partial charge in [0.05, 0.1) is 11.5 Å². The van der Waals surface area contributed by atoms with Crippen molar-refractivity contribution in [1.82, 2.24) is 19.9 Å². The van der Waals surface area contributed by atoms with Gasteiger partial charge in [0, 0.05) is 13.0 Å². The Bertz CT molecular complexity index is 640. The minimum absolute atomic E-state index is 0.156. The van der Waals surface area contributed by atoms with E-state index < -0.39 is 10.0 Å². The number of nitrogens with zero attached hydrogens (tertiary/aromatic N) is 2. The highest BCUT2D eigenvalue weighted by Crippen LogP contribution is 2.11. The zero-order valence-electron chi connectivity index (χ0n) is 10.8. The molecule has 0 fully saturated rings. The average Bonchev–Trinajstić information content (AvgIpc) is 2.97. The fourth-order valence-electron chi connectivity index (χ4n) is 1.71. The summed E-state index contributed by atoms with van der Waals surface area (Å²) in [5.74, 6) is 0.728. The molecule has 0 unspecified atom stereocenters. The minimum atomic E-state index is -3.54. The van der Waals surface area contributed by atoms with Gasteiger partial charge in [-0.2, -0.15) is 5.10 Å². The Morgan fingerprint density at radius 2 is 2.20 bits per heavy atom. The fourth-order valence-corrected chi connectivity index (χ4v) is 2.85. The first-order valence-electron chi connectivity index (χ1n) is 6.15.